The molecule has 2 rings (SSSR count). The highest BCUT2D eigenvalue weighted by molar-refractivity contribution is 7.99. The Morgan fingerprint density at radius 3 is 2.31 bits per heavy atom. The van der Waals surface area contributed by atoms with Gasteiger partial charge in [0.15, 0.2) is 0 Å². The van der Waals surface area contributed by atoms with E-state index < -0.39 is 0 Å². The van der Waals surface area contributed by atoms with Crippen molar-refractivity contribution in [2.45, 2.75) is 9.79 Å². The zero-order valence-electron chi connectivity index (χ0n) is 9.01. The normalized spacial score (nSPS) is 10.1. The molecule has 0 aromatic heterocycles. The largest absolute Gasteiger partial charge is 0.497 e. The number of rotatable bonds is 3. The SMILES string of the molecule is COc1ccc(Sc2ccccc2N)cc1. The van der Waals surface area contributed by atoms with Gasteiger partial charge in [-0.2, -0.15) is 0 Å². The van der Waals surface area contributed by atoms with E-state index in [1.807, 2.05) is 48.5 Å². The van der Waals surface area contributed by atoms with Crippen LogP contribution in [0.15, 0.2) is 58.3 Å². The first-order chi connectivity index (χ1) is 7.79. The average molecular weight is 231 g/mol. The van der Waals surface area contributed by atoms with Crippen LogP contribution < -0.4 is 10.5 Å². The van der Waals surface area contributed by atoms with Crippen LogP contribution in [-0.2, 0) is 0 Å². The van der Waals surface area contributed by atoms with Gasteiger partial charge in [-0.15, -0.1) is 0 Å². The van der Waals surface area contributed by atoms with Crippen LogP contribution in [0.3, 0.4) is 0 Å². The second-order valence-corrected chi connectivity index (χ2v) is 4.43. The summed E-state index contributed by atoms with van der Waals surface area (Å²) in [4.78, 5) is 2.23. The van der Waals surface area contributed by atoms with Crippen molar-refractivity contribution >= 4 is 17.4 Å². The summed E-state index contributed by atoms with van der Waals surface area (Å²) in [6.07, 6.45) is 0. The van der Waals surface area contributed by atoms with Crippen LogP contribution in [0, 0.1) is 0 Å². The van der Waals surface area contributed by atoms with E-state index in [1.165, 1.54) is 0 Å². The summed E-state index contributed by atoms with van der Waals surface area (Å²) in [5.74, 6) is 0.866. The molecular formula is C13H13NOS. The van der Waals surface area contributed by atoms with E-state index in [9.17, 15) is 0 Å². The van der Waals surface area contributed by atoms with Crippen molar-refractivity contribution < 1.29 is 4.74 Å². The van der Waals surface area contributed by atoms with E-state index in [2.05, 4.69) is 0 Å². The molecule has 0 aliphatic carbocycles. The van der Waals surface area contributed by atoms with Gasteiger partial charge in [0.25, 0.3) is 0 Å². The lowest BCUT2D eigenvalue weighted by Crippen LogP contribution is -1.87. The number of para-hydroxylation sites is 1. The van der Waals surface area contributed by atoms with E-state index in [-0.39, 0.29) is 0 Å². The van der Waals surface area contributed by atoms with Gasteiger partial charge in [-0.05, 0) is 36.4 Å². The molecule has 0 radical (unpaired) electrons. The van der Waals surface area contributed by atoms with Crippen molar-refractivity contribution in [2.75, 3.05) is 12.8 Å². The summed E-state index contributed by atoms with van der Waals surface area (Å²) in [7, 11) is 1.66. The third-order valence-corrected chi connectivity index (χ3v) is 3.31. The molecule has 2 nitrogen and oxygen atoms in total. The monoisotopic (exact) mass is 231 g/mol. The second kappa shape index (κ2) is 4.94. The molecule has 0 unspecified atom stereocenters. The summed E-state index contributed by atoms with van der Waals surface area (Å²) in [5.41, 5.74) is 6.69. The number of hydrogen-bond acceptors (Lipinski definition) is 3. The maximum atomic E-state index is 5.88. The van der Waals surface area contributed by atoms with Gasteiger partial charge < -0.3 is 10.5 Å². The maximum absolute atomic E-state index is 5.88. The molecule has 0 fully saturated rings. The lowest BCUT2D eigenvalue weighted by molar-refractivity contribution is 0.414. The van der Waals surface area contributed by atoms with Gasteiger partial charge in [0, 0.05) is 15.5 Å². The Morgan fingerprint density at radius 2 is 1.69 bits per heavy atom. The predicted molar refractivity (Wildman–Crippen MR) is 68.0 cm³/mol. The summed E-state index contributed by atoms with van der Waals surface area (Å²) in [6, 6.07) is 15.8. The topological polar surface area (TPSA) is 35.2 Å². The fourth-order valence-corrected chi connectivity index (χ4v) is 2.20. The summed E-state index contributed by atoms with van der Waals surface area (Å²) >= 11 is 1.65. The van der Waals surface area contributed by atoms with Gasteiger partial charge in [0.2, 0.25) is 0 Å². The smallest absolute Gasteiger partial charge is 0.118 e. The van der Waals surface area contributed by atoms with Crippen LogP contribution in [0.5, 0.6) is 5.75 Å². The van der Waals surface area contributed by atoms with Gasteiger partial charge in [0.1, 0.15) is 5.75 Å². The highest BCUT2D eigenvalue weighted by Crippen LogP contribution is 2.32. The summed E-state index contributed by atoms with van der Waals surface area (Å²) in [5, 5.41) is 0. The maximum Gasteiger partial charge on any atom is 0.118 e. The number of nitrogens with two attached hydrogens (primary N) is 1. The molecule has 2 aromatic rings. The van der Waals surface area contributed by atoms with Gasteiger partial charge in [-0.25, -0.2) is 0 Å². The van der Waals surface area contributed by atoms with Gasteiger partial charge >= 0.3 is 0 Å². The Morgan fingerprint density at radius 1 is 1.00 bits per heavy atom. The zero-order chi connectivity index (χ0) is 11.4. The minimum absolute atomic E-state index is 0.809. The molecule has 2 N–H and O–H groups in total. The molecular weight excluding hydrogens is 218 g/mol. The van der Waals surface area contributed by atoms with E-state index >= 15 is 0 Å². The van der Waals surface area contributed by atoms with Gasteiger partial charge in [-0.3, -0.25) is 0 Å². The van der Waals surface area contributed by atoms with Crippen molar-refractivity contribution in [3.05, 3.63) is 48.5 Å². The standard InChI is InChI=1S/C13H13NOS/c1-15-10-6-8-11(9-7-10)16-13-5-3-2-4-12(13)14/h2-9H,14H2,1H3. The zero-order valence-corrected chi connectivity index (χ0v) is 9.83. The second-order valence-electron chi connectivity index (χ2n) is 3.32. The Bertz CT molecular complexity index is 468. The molecule has 0 aliphatic heterocycles. The van der Waals surface area contributed by atoms with Crippen LogP contribution >= 0.6 is 11.8 Å². The Kier molecular flexibility index (Phi) is 3.37. The van der Waals surface area contributed by atoms with Crippen LogP contribution in [0.4, 0.5) is 5.69 Å². The molecule has 3 heteroatoms. The number of benzene rings is 2. The minimum atomic E-state index is 0.809. The molecule has 0 bridgehead atoms. The number of ether oxygens (including phenoxy) is 1. The van der Waals surface area contributed by atoms with Crippen LogP contribution in [0.1, 0.15) is 0 Å². The van der Waals surface area contributed by atoms with E-state index in [1.54, 1.807) is 18.9 Å². The molecule has 0 aliphatic rings. The van der Waals surface area contributed by atoms with Crippen molar-refractivity contribution in [1.29, 1.82) is 0 Å². The average Bonchev–Trinajstić information content (AvgIpc) is 2.33. The van der Waals surface area contributed by atoms with Crippen molar-refractivity contribution in [2.24, 2.45) is 0 Å². The van der Waals surface area contributed by atoms with E-state index in [0.29, 0.717) is 0 Å². The molecule has 0 atom stereocenters. The first-order valence-corrected chi connectivity index (χ1v) is 5.77. The quantitative estimate of drug-likeness (QED) is 0.822. The molecule has 0 heterocycles. The summed E-state index contributed by atoms with van der Waals surface area (Å²) in [6.45, 7) is 0. The van der Waals surface area contributed by atoms with Crippen molar-refractivity contribution in [3.8, 4) is 5.75 Å². The third-order valence-electron chi connectivity index (χ3n) is 2.21. The lowest BCUT2D eigenvalue weighted by atomic mass is 10.3. The van der Waals surface area contributed by atoms with Crippen molar-refractivity contribution in [3.63, 3.8) is 0 Å². The highest BCUT2D eigenvalue weighted by Gasteiger charge is 2.00. The first-order valence-electron chi connectivity index (χ1n) is 4.96. The fourth-order valence-electron chi connectivity index (χ4n) is 1.34. The number of anilines is 1. The number of hydrogen-bond donors (Lipinski definition) is 1. The van der Waals surface area contributed by atoms with Crippen LogP contribution in [0.2, 0.25) is 0 Å². The Labute approximate surface area is 99.4 Å². The molecule has 0 amide bonds. The molecule has 0 saturated heterocycles. The van der Waals surface area contributed by atoms with Gasteiger partial charge in [-0.1, -0.05) is 23.9 Å². The molecule has 0 spiro atoms. The Hall–Kier alpha value is -1.61. The Balaban J connectivity index is 2.18. The van der Waals surface area contributed by atoms with Crippen LogP contribution in [-0.4, -0.2) is 7.11 Å². The lowest BCUT2D eigenvalue weighted by Gasteiger charge is -2.05. The van der Waals surface area contributed by atoms with Gasteiger partial charge in [0.05, 0.1) is 7.11 Å². The van der Waals surface area contributed by atoms with E-state index in [0.717, 1.165) is 21.2 Å². The van der Waals surface area contributed by atoms with Crippen LogP contribution in [0.25, 0.3) is 0 Å². The molecule has 0 saturated carbocycles. The first kappa shape index (κ1) is 10.9. The molecule has 16 heavy (non-hydrogen) atoms. The minimum Gasteiger partial charge on any atom is -0.497 e. The number of methoxy groups -OCH3 is 1. The van der Waals surface area contributed by atoms with Crippen molar-refractivity contribution in [1.82, 2.24) is 0 Å². The molecule has 2 aromatic carbocycles. The van der Waals surface area contributed by atoms with E-state index in [4.69, 9.17) is 10.5 Å². The highest BCUT2D eigenvalue weighted by atomic mass is 32.2. The predicted octanol–water partition coefficient (Wildman–Crippen LogP) is 3.43. The fraction of sp³-hybridized carbons (Fsp3) is 0.0769. The molecule has 82 valence electrons. The third kappa shape index (κ3) is 2.49. The number of nitrogen functional groups attached to an aromatic ring is 1. The summed E-state index contributed by atoms with van der Waals surface area (Å²) < 4.78 is 5.11.